The SMILES string of the molecule is C#C.CC.CC.CC.CC.CC(C)=N.CCC(C)CC(C)C(C)c1cnc(C)[nH]1.O=C1CCCCN1. The number of piperidine rings is 1. The van der Waals surface area contributed by atoms with Crippen molar-refractivity contribution in [2.45, 2.75) is 142 Å². The van der Waals surface area contributed by atoms with Crippen molar-refractivity contribution in [1.82, 2.24) is 15.3 Å². The summed E-state index contributed by atoms with van der Waals surface area (Å²) in [4.78, 5) is 18.0. The molecule has 5 heteroatoms. The minimum atomic E-state index is 0.214. The molecule has 1 aliphatic rings. The Morgan fingerprint density at radius 1 is 1.00 bits per heavy atom. The lowest BCUT2D eigenvalue weighted by Crippen LogP contribution is -2.28. The highest BCUT2D eigenvalue weighted by Crippen LogP contribution is 2.28. The van der Waals surface area contributed by atoms with E-state index in [0.717, 1.165) is 43.5 Å². The molecule has 1 aromatic rings. The summed E-state index contributed by atoms with van der Waals surface area (Å²) in [6, 6.07) is 0. The van der Waals surface area contributed by atoms with Gasteiger partial charge in [-0.05, 0) is 51.9 Å². The predicted molar refractivity (Wildman–Crippen MR) is 166 cm³/mol. The highest BCUT2D eigenvalue weighted by atomic mass is 16.1. The molecular weight excluding hydrogens is 444 g/mol. The number of aromatic amines is 1. The molecule has 2 rings (SSSR count). The lowest BCUT2D eigenvalue weighted by Gasteiger charge is -2.21. The van der Waals surface area contributed by atoms with Crippen molar-refractivity contribution < 1.29 is 4.79 Å². The van der Waals surface area contributed by atoms with E-state index in [-0.39, 0.29) is 5.91 Å². The van der Waals surface area contributed by atoms with Gasteiger partial charge in [0.15, 0.2) is 0 Å². The minimum Gasteiger partial charge on any atom is -0.356 e. The van der Waals surface area contributed by atoms with Crippen LogP contribution in [0.2, 0.25) is 0 Å². The Balaban J connectivity index is -0.0000000897. The zero-order valence-electron chi connectivity index (χ0n) is 27.1. The zero-order chi connectivity index (χ0) is 30.1. The fourth-order valence-electron chi connectivity index (χ4n) is 2.71. The summed E-state index contributed by atoms with van der Waals surface area (Å²) in [6.45, 7) is 31.6. The number of imidazole rings is 1. The molecule has 216 valence electrons. The van der Waals surface area contributed by atoms with Gasteiger partial charge in [0.25, 0.3) is 0 Å². The average molecular weight is 511 g/mol. The smallest absolute Gasteiger partial charge is 0.219 e. The van der Waals surface area contributed by atoms with E-state index in [1.54, 1.807) is 13.8 Å². The highest BCUT2D eigenvalue weighted by molar-refractivity contribution is 5.76. The number of hydrogen-bond acceptors (Lipinski definition) is 3. The molecular formula is C31H66N4O. The summed E-state index contributed by atoms with van der Waals surface area (Å²) in [5.74, 6) is 3.37. The number of carbonyl (C=O) groups excluding carboxylic acids is 1. The molecule has 0 spiro atoms. The lowest BCUT2D eigenvalue weighted by molar-refractivity contribution is -0.122. The highest BCUT2D eigenvalue weighted by Gasteiger charge is 2.17. The van der Waals surface area contributed by atoms with Crippen LogP contribution in [0.1, 0.15) is 146 Å². The van der Waals surface area contributed by atoms with Gasteiger partial charge in [0.1, 0.15) is 5.82 Å². The molecule has 0 aliphatic carbocycles. The Morgan fingerprint density at radius 3 is 1.69 bits per heavy atom. The summed E-state index contributed by atoms with van der Waals surface area (Å²) in [5.41, 5.74) is 1.95. The van der Waals surface area contributed by atoms with Gasteiger partial charge in [-0.3, -0.25) is 4.79 Å². The molecule has 1 saturated heterocycles. The van der Waals surface area contributed by atoms with Gasteiger partial charge in [-0.1, -0.05) is 89.5 Å². The number of nitrogens with zero attached hydrogens (tertiary/aromatic N) is 1. The van der Waals surface area contributed by atoms with E-state index >= 15 is 0 Å². The van der Waals surface area contributed by atoms with Crippen LogP contribution in [-0.4, -0.2) is 28.1 Å². The van der Waals surface area contributed by atoms with Gasteiger partial charge in [0, 0.05) is 36.5 Å². The van der Waals surface area contributed by atoms with E-state index in [1.807, 2.05) is 68.5 Å². The normalized spacial score (nSPS) is 12.9. The third kappa shape index (κ3) is 36.5. The van der Waals surface area contributed by atoms with Crippen molar-refractivity contribution >= 4 is 11.6 Å². The minimum absolute atomic E-state index is 0.214. The van der Waals surface area contributed by atoms with Crippen LogP contribution in [0, 0.1) is 37.0 Å². The van der Waals surface area contributed by atoms with Gasteiger partial charge in [0.2, 0.25) is 5.91 Å². The number of aryl methyl sites for hydroxylation is 1. The first-order valence-electron chi connectivity index (χ1n) is 14.3. The van der Waals surface area contributed by atoms with Gasteiger partial charge in [0.05, 0.1) is 0 Å². The summed E-state index contributed by atoms with van der Waals surface area (Å²) >= 11 is 0. The average Bonchev–Trinajstić information content (AvgIpc) is 3.36. The fraction of sp³-hybridized carbons (Fsp3) is 0.774. The number of rotatable bonds is 5. The fourth-order valence-corrected chi connectivity index (χ4v) is 2.71. The quantitative estimate of drug-likeness (QED) is 0.272. The number of carbonyl (C=O) groups is 1. The first kappa shape index (κ1) is 47.1. The van der Waals surface area contributed by atoms with Crippen LogP contribution in [-0.2, 0) is 4.79 Å². The molecule has 1 fully saturated rings. The van der Waals surface area contributed by atoms with Crippen molar-refractivity contribution in [3.8, 4) is 12.8 Å². The Hall–Kier alpha value is -2.09. The van der Waals surface area contributed by atoms with Crippen molar-refractivity contribution in [3.05, 3.63) is 17.7 Å². The van der Waals surface area contributed by atoms with Gasteiger partial charge < -0.3 is 15.7 Å². The Bertz CT molecular complexity index is 552. The zero-order valence-corrected chi connectivity index (χ0v) is 27.1. The van der Waals surface area contributed by atoms with Gasteiger partial charge in [-0.25, -0.2) is 4.98 Å². The predicted octanol–water partition coefficient (Wildman–Crippen LogP) is 9.58. The van der Waals surface area contributed by atoms with Crippen molar-refractivity contribution in [2.75, 3.05) is 6.54 Å². The Labute approximate surface area is 228 Å². The van der Waals surface area contributed by atoms with Crippen molar-refractivity contribution in [1.29, 1.82) is 5.41 Å². The maximum atomic E-state index is 10.4. The molecule has 3 atom stereocenters. The van der Waals surface area contributed by atoms with E-state index in [1.165, 1.54) is 18.5 Å². The van der Waals surface area contributed by atoms with Crippen LogP contribution in [0.4, 0.5) is 0 Å². The number of hydrogen-bond donors (Lipinski definition) is 3. The summed E-state index contributed by atoms with van der Waals surface area (Å²) in [6.07, 6.45) is 15.5. The summed E-state index contributed by atoms with van der Waals surface area (Å²) < 4.78 is 0. The number of H-pyrrole nitrogens is 1. The van der Waals surface area contributed by atoms with Gasteiger partial charge in [-0.15, -0.1) is 12.8 Å². The molecule has 0 radical (unpaired) electrons. The number of nitrogens with one attached hydrogen (secondary N) is 3. The summed E-state index contributed by atoms with van der Waals surface area (Å²) in [7, 11) is 0. The van der Waals surface area contributed by atoms with Crippen LogP contribution in [0.25, 0.3) is 0 Å². The van der Waals surface area contributed by atoms with E-state index < -0.39 is 0 Å². The molecule has 1 aliphatic heterocycles. The standard InChI is InChI=1S/C13H24N2.C5H9NO.C3H7N.4C2H6.C2H2/c1-6-9(2)7-10(3)11(4)13-8-14-12(5)15-13;7-5-3-1-2-4-6-5;1-3(2)4;5*1-2/h8-11H,6-7H2,1-5H3,(H,14,15);1-4H2,(H,6,7);4H,1-2H3;4*1-2H3;1-2H. The Morgan fingerprint density at radius 2 is 1.44 bits per heavy atom. The number of aromatic nitrogens is 2. The lowest BCUT2D eigenvalue weighted by atomic mass is 9.85. The first-order chi connectivity index (χ1) is 17.2. The van der Waals surface area contributed by atoms with E-state index in [0.29, 0.717) is 11.6 Å². The third-order valence-corrected chi connectivity index (χ3v) is 4.69. The molecule has 0 saturated carbocycles. The molecule has 5 nitrogen and oxygen atoms in total. The van der Waals surface area contributed by atoms with Crippen LogP contribution in [0.3, 0.4) is 0 Å². The monoisotopic (exact) mass is 511 g/mol. The number of terminal acetylenes is 1. The first-order valence-corrected chi connectivity index (χ1v) is 14.3. The van der Waals surface area contributed by atoms with E-state index in [2.05, 4.69) is 55.8 Å². The summed E-state index contributed by atoms with van der Waals surface area (Å²) in [5, 5.41) is 9.24. The van der Waals surface area contributed by atoms with Crippen LogP contribution in [0.5, 0.6) is 0 Å². The second kappa shape index (κ2) is 40.1. The number of amides is 1. The second-order valence-corrected chi connectivity index (χ2v) is 7.75. The van der Waals surface area contributed by atoms with Crippen LogP contribution < -0.4 is 5.32 Å². The molecule has 3 N–H and O–H groups in total. The largest absolute Gasteiger partial charge is 0.356 e. The molecule has 0 aromatic carbocycles. The molecule has 3 unspecified atom stereocenters. The second-order valence-electron chi connectivity index (χ2n) is 7.75. The van der Waals surface area contributed by atoms with Crippen molar-refractivity contribution in [3.63, 3.8) is 0 Å². The van der Waals surface area contributed by atoms with Gasteiger partial charge >= 0.3 is 0 Å². The Kier molecular flexibility index (Phi) is 52.5. The third-order valence-electron chi connectivity index (χ3n) is 4.69. The van der Waals surface area contributed by atoms with Crippen LogP contribution >= 0.6 is 0 Å². The van der Waals surface area contributed by atoms with Gasteiger partial charge in [-0.2, -0.15) is 0 Å². The van der Waals surface area contributed by atoms with Crippen molar-refractivity contribution in [2.24, 2.45) is 11.8 Å². The molecule has 0 bridgehead atoms. The maximum absolute atomic E-state index is 10.4. The van der Waals surface area contributed by atoms with E-state index in [9.17, 15) is 4.79 Å². The molecule has 1 aromatic heterocycles. The molecule has 2 heterocycles. The molecule has 36 heavy (non-hydrogen) atoms. The van der Waals surface area contributed by atoms with E-state index in [4.69, 9.17) is 5.41 Å². The topological polar surface area (TPSA) is 81.6 Å². The molecule has 1 amide bonds. The maximum Gasteiger partial charge on any atom is 0.219 e. The van der Waals surface area contributed by atoms with Crippen LogP contribution in [0.15, 0.2) is 6.20 Å².